The minimum atomic E-state index is -0.633. The summed E-state index contributed by atoms with van der Waals surface area (Å²) in [6, 6.07) is 15.6. The predicted octanol–water partition coefficient (Wildman–Crippen LogP) is 3.80. The van der Waals surface area contributed by atoms with Gasteiger partial charge in [-0.25, -0.2) is 9.59 Å². The zero-order valence-electron chi connectivity index (χ0n) is 16.2. The lowest BCUT2D eigenvalue weighted by Gasteiger charge is -2.30. The van der Waals surface area contributed by atoms with Crippen LogP contribution in [0.25, 0.3) is 5.70 Å². The summed E-state index contributed by atoms with van der Waals surface area (Å²) in [5.41, 5.74) is 2.32. The number of benzene rings is 2. The van der Waals surface area contributed by atoms with Crippen LogP contribution in [0.2, 0.25) is 0 Å². The smallest absolute Gasteiger partial charge is 0.338 e. The summed E-state index contributed by atoms with van der Waals surface area (Å²) in [6.07, 6.45) is -0.282. The van der Waals surface area contributed by atoms with Crippen LogP contribution < -0.4 is 15.4 Å². The highest BCUT2D eigenvalue weighted by Crippen LogP contribution is 2.32. The predicted molar refractivity (Wildman–Crippen MR) is 107 cm³/mol. The standard InChI is InChI=1S/C22H24N2O4/c1-4-27-17-12-10-16(11-13-17)20-18(21(25)28-14(2)3)19(23-22(26)24-20)15-8-6-5-7-9-15/h5-14,20H,4H2,1-3H3,(H2,23,24,26). The second kappa shape index (κ2) is 8.61. The Labute approximate surface area is 164 Å². The third kappa shape index (κ3) is 4.34. The lowest BCUT2D eigenvalue weighted by atomic mass is 9.92. The van der Waals surface area contributed by atoms with E-state index < -0.39 is 12.0 Å². The molecule has 6 nitrogen and oxygen atoms in total. The summed E-state index contributed by atoms with van der Waals surface area (Å²) in [5.74, 6) is 0.255. The van der Waals surface area contributed by atoms with Crippen LogP contribution in [0.3, 0.4) is 0 Å². The minimum Gasteiger partial charge on any atom is -0.494 e. The number of urea groups is 1. The van der Waals surface area contributed by atoms with Crippen molar-refractivity contribution >= 4 is 17.7 Å². The Hall–Kier alpha value is -3.28. The summed E-state index contributed by atoms with van der Waals surface area (Å²) in [6.45, 7) is 6.06. The summed E-state index contributed by atoms with van der Waals surface area (Å²) < 4.78 is 11.0. The van der Waals surface area contributed by atoms with Crippen molar-refractivity contribution in [3.8, 4) is 5.75 Å². The van der Waals surface area contributed by atoms with Crippen LogP contribution in [-0.2, 0) is 9.53 Å². The Bertz CT molecular complexity index is 873. The quantitative estimate of drug-likeness (QED) is 0.748. The van der Waals surface area contributed by atoms with E-state index in [1.165, 1.54) is 0 Å². The van der Waals surface area contributed by atoms with Gasteiger partial charge in [0, 0.05) is 0 Å². The Balaban J connectivity index is 2.10. The lowest BCUT2D eigenvalue weighted by molar-refractivity contribution is -0.143. The van der Waals surface area contributed by atoms with Gasteiger partial charge in [-0.05, 0) is 44.0 Å². The number of esters is 1. The normalized spacial score (nSPS) is 16.4. The average Bonchev–Trinajstić information content (AvgIpc) is 2.68. The molecule has 1 aliphatic rings. The maximum absolute atomic E-state index is 13.0. The molecule has 1 atom stereocenters. The zero-order valence-corrected chi connectivity index (χ0v) is 16.2. The molecule has 1 aliphatic heterocycles. The number of hydrogen-bond acceptors (Lipinski definition) is 4. The van der Waals surface area contributed by atoms with Crippen molar-refractivity contribution in [2.45, 2.75) is 32.9 Å². The van der Waals surface area contributed by atoms with E-state index in [0.29, 0.717) is 17.9 Å². The van der Waals surface area contributed by atoms with Gasteiger partial charge in [-0.2, -0.15) is 0 Å². The molecule has 6 heteroatoms. The largest absolute Gasteiger partial charge is 0.494 e. The molecule has 0 fully saturated rings. The van der Waals surface area contributed by atoms with Gasteiger partial charge in [0.05, 0.1) is 30.0 Å². The van der Waals surface area contributed by atoms with Gasteiger partial charge in [0.2, 0.25) is 0 Å². The lowest BCUT2D eigenvalue weighted by Crippen LogP contribution is -2.45. The van der Waals surface area contributed by atoms with Gasteiger partial charge in [0.15, 0.2) is 0 Å². The van der Waals surface area contributed by atoms with Crippen LogP contribution in [0.1, 0.15) is 37.9 Å². The number of carbonyl (C=O) groups is 2. The van der Waals surface area contributed by atoms with Crippen molar-refractivity contribution in [1.82, 2.24) is 10.6 Å². The van der Waals surface area contributed by atoms with Crippen LogP contribution in [0, 0.1) is 0 Å². The first-order valence-corrected chi connectivity index (χ1v) is 9.30. The molecule has 1 heterocycles. The van der Waals surface area contributed by atoms with E-state index >= 15 is 0 Å². The maximum atomic E-state index is 13.0. The molecule has 3 rings (SSSR count). The van der Waals surface area contributed by atoms with Crippen LogP contribution in [0.5, 0.6) is 5.75 Å². The Morgan fingerprint density at radius 2 is 1.75 bits per heavy atom. The molecule has 2 amide bonds. The van der Waals surface area contributed by atoms with E-state index in [2.05, 4.69) is 10.6 Å². The molecule has 2 aromatic rings. The van der Waals surface area contributed by atoms with E-state index in [9.17, 15) is 9.59 Å². The molecule has 0 aromatic heterocycles. The molecule has 0 radical (unpaired) electrons. The van der Waals surface area contributed by atoms with Gasteiger partial charge in [-0.15, -0.1) is 0 Å². The molecule has 0 aliphatic carbocycles. The van der Waals surface area contributed by atoms with Crippen molar-refractivity contribution in [1.29, 1.82) is 0 Å². The van der Waals surface area contributed by atoms with Gasteiger partial charge in [-0.3, -0.25) is 0 Å². The molecule has 28 heavy (non-hydrogen) atoms. The molecular formula is C22H24N2O4. The Kier molecular flexibility index (Phi) is 5.99. The number of ether oxygens (including phenoxy) is 2. The number of amides is 2. The van der Waals surface area contributed by atoms with Crippen molar-refractivity contribution in [2.24, 2.45) is 0 Å². The molecular weight excluding hydrogens is 356 g/mol. The van der Waals surface area contributed by atoms with E-state index in [4.69, 9.17) is 9.47 Å². The van der Waals surface area contributed by atoms with Gasteiger partial charge in [-0.1, -0.05) is 42.5 Å². The number of rotatable bonds is 6. The first-order chi connectivity index (χ1) is 13.5. The fourth-order valence-corrected chi connectivity index (χ4v) is 3.07. The van der Waals surface area contributed by atoms with Crippen molar-refractivity contribution in [3.63, 3.8) is 0 Å². The summed E-state index contributed by atoms with van der Waals surface area (Å²) in [7, 11) is 0. The number of hydrogen-bond donors (Lipinski definition) is 2. The second-order valence-electron chi connectivity index (χ2n) is 6.64. The van der Waals surface area contributed by atoms with Gasteiger partial charge in [0.25, 0.3) is 0 Å². The highest BCUT2D eigenvalue weighted by atomic mass is 16.5. The molecule has 0 saturated carbocycles. The van der Waals surface area contributed by atoms with Crippen LogP contribution in [0.4, 0.5) is 4.79 Å². The van der Waals surface area contributed by atoms with E-state index in [1.807, 2.05) is 61.5 Å². The average molecular weight is 380 g/mol. The molecule has 2 aromatic carbocycles. The van der Waals surface area contributed by atoms with Gasteiger partial charge in [0.1, 0.15) is 5.75 Å². The van der Waals surface area contributed by atoms with Crippen molar-refractivity contribution in [2.75, 3.05) is 6.61 Å². The van der Waals surface area contributed by atoms with Crippen LogP contribution >= 0.6 is 0 Å². The Morgan fingerprint density at radius 3 is 2.36 bits per heavy atom. The fourth-order valence-electron chi connectivity index (χ4n) is 3.07. The summed E-state index contributed by atoms with van der Waals surface area (Å²) in [5, 5.41) is 5.61. The fraction of sp³-hybridized carbons (Fsp3) is 0.273. The molecule has 0 spiro atoms. The van der Waals surface area contributed by atoms with Crippen molar-refractivity contribution < 1.29 is 19.1 Å². The van der Waals surface area contributed by atoms with Gasteiger partial charge < -0.3 is 20.1 Å². The van der Waals surface area contributed by atoms with E-state index in [1.54, 1.807) is 13.8 Å². The first kappa shape index (κ1) is 19.5. The topological polar surface area (TPSA) is 76.7 Å². The summed E-state index contributed by atoms with van der Waals surface area (Å²) >= 11 is 0. The van der Waals surface area contributed by atoms with E-state index in [0.717, 1.165) is 16.9 Å². The molecule has 146 valence electrons. The van der Waals surface area contributed by atoms with Crippen LogP contribution in [0.15, 0.2) is 60.2 Å². The number of carbonyl (C=O) groups excluding carboxylic acids is 2. The number of nitrogens with one attached hydrogen (secondary N) is 2. The third-order valence-corrected chi connectivity index (χ3v) is 4.22. The molecule has 0 saturated heterocycles. The summed E-state index contributed by atoms with van der Waals surface area (Å²) in [4.78, 5) is 25.3. The second-order valence-corrected chi connectivity index (χ2v) is 6.64. The van der Waals surface area contributed by atoms with E-state index in [-0.39, 0.29) is 12.1 Å². The minimum absolute atomic E-state index is 0.282. The van der Waals surface area contributed by atoms with Gasteiger partial charge >= 0.3 is 12.0 Å². The maximum Gasteiger partial charge on any atom is 0.338 e. The molecule has 2 N–H and O–H groups in total. The van der Waals surface area contributed by atoms with Crippen LogP contribution in [-0.4, -0.2) is 24.7 Å². The van der Waals surface area contributed by atoms with Crippen molar-refractivity contribution in [3.05, 3.63) is 71.3 Å². The highest BCUT2D eigenvalue weighted by molar-refractivity contribution is 6.04. The first-order valence-electron chi connectivity index (χ1n) is 9.30. The highest BCUT2D eigenvalue weighted by Gasteiger charge is 2.34. The molecule has 1 unspecified atom stereocenters. The zero-order chi connectivity index (χ0) is 20.1. The third-order valence-electron chi connectivity index (χ3n) is 4.22. The SMILES string of the molecule is CCOc1ccc(C2NC(=O)NC(c3ccccc3)=C2C(=O)OC(C)C)cc1. The molecule has 0 bridgehead atoms. The monoisotopic (exact) mass is 380 g/mol. The Morgan fingerprint density at radius 1 is 1.07 bits per heavy atom.